The van der Waals surface area contributed by atoms with Crippen LogP contribution in [0, 0.1) is 5.92 Å². The van der Waals surface area contributed by atoms with Crippen LogP contribution >= 0.6 is 0 Å². The van der Waals surface area contributed by atoms with Gasteiger partial charge in [0.05, 0.1) is 0 Å². The number of likely N-dealkylation sites (tertiary alicyclic amines) is 1. The second kappa shape index (κ2) is 6.97. The third kappa shape index (κ3) is 3.62. The summed E-state index contributed by atoms with van der Waals surface area (Å²) in [5.74, 6) is 0.534. The lowest BCUT2D eigenvalue weighted by atomic mass is 9.92. The molecule has 2 unspecified atom stereocenters. The van der Waals surface area contributed by atoms with Gasteiger partial charge in [-0.2, -0.15) is 0 Å². The monoisotopic (exact) mass is 308 g/mol. The maximum atomic E-state index is 12.7. The number of nitrogens with zero attached hydrogens (tertiary/aromatic N) is 1. The number of carbonyl (C=O) groups excluding carboxylic acids is 1. The molecule has 0 aromatic heterocycles. The molecule has 0 bridgehead atoms. The van der Waals surface area contributed by atoms with Gasteiger partial charge < -0.3 is 10.6 Å². The lowest BCUT2D eigenvalue weighted by Gasteiger charge is -2.34. The average Bonchev–Trinajstić information content (AvgIpc) is 2.62. The van der Waals surface area contributed by atoms with Crippen molar-refractivity contribution in [3.8, 4) is 11.1 Å². The van der Waals surface area contributed by atoms with Crippen molar-refractivity contribution in [2.45, 2.75) is 25.8 Å². The number of amides is 1. The second-order valence-corrected chi connectivity index (χ2v) is 6.46. The van der Waals surface area contributed by atoms with Crippen molar-refractivity contribution in [2.24, 2.45) is 11.7 Å². The fourth-order valence-electron chi connectivity index (χ4n) is 3.24. The lowest BCUT2D eigenvalue weighted by Crippen LogP contribution is -2.45. The Kier molecular flexibility index (Phi) is 4.77. The standard InChI is InChI=1S/C20H24N2O/c1-15(21)19-8-5-13-22(14-19)20(23)18-11-9-17(10-12-18)16-6-3-2-4-7-16/h2-4,6-7,9-12,15,19H,5,8,13-14,21H2,1H3. The Morgan fingerprint density at radius 1 is 1.09 bits per heavy atom. The van der Waals surface area contributed by atoms with E-state index < -0.39 is 0 Å². The van der Waals surface area contributed by atoms with Gasteiger partial charge in [0.15, 0.2) is 0 Å². The summed E-state index contributed by atoms with van der Waals surface area (Å²) in [5.41, 5.74) is 9.08. The highest BCUT2D eigenvalue weighted by Crippen LogP contribution is 2.23. The van der Waals surface area contributed by atoms with E-state index in [0.29, 0.717) is 5.92 Å². The maximum absolute atomic E-state index is 12.7. The molecule has 0 aliphatic carbocycles. The zero-order valence-electron chi connectivity index (χ0n) is 13.6. The quantitative estimate of drug-likeness (QED) is 0.942. The van der Waals surface area contributed by atoms with Crippen molar-refractivity contribution >= 4 is 5.91 Å². The minimum Gasteiger partial charge on any atom is -0.338 e. The maximum Gasteiger partial charge on any atom is 0.253 e. The van der Waals surface area contributed by atoms with E-state index in [0.717, 1.165) is 37.1 Å². The molecule has 1 heterocycles. The van der Waals surface area contributed by atoms with Gasteiger partial charge in [0.2, 0.25) is 0 Å². The Bertz CT molecular complexity index is 649. The summed E-state index contributed by atoms with van der Waals surface area (Å²) in [6, 6.07) is 18.3. The third-order valence-electron chi connectivity index (χ3n) is 4.73. The number of piperidine rings is 1. The van der Waals surface area contributed by atoms with Crippen molar-refractivity contribution in [1.82, 2.24) is 4.90 Å². The summed E-state index contributed by atoms with van der Waals surface area (Å²) in [6.45, 7) is 3.65. The fraction of sp³-hybridized carbons (Fsp3) is 0.350. The first-order valence-corrected chi connectivity index (χ1v) is 8.35. The largest absolute Gasteiger partial charge is 0.338 e. The molecule has 2 aromatic rings. The second-order valence-electron chi connectivity index (χ2n) is 6.46. The summed E-state index contributed by atoms with van der Waals surface area (Å²) >= 11 is 0. The van der Waals surface area contributed by atoms with Gasteiger partial charge in [0, 0.05) is 24.7 Å². The van der Waals surface area contributed by atoms with E-state index in [9.17, 15) is 4.79 Å². The molecule has 1 fully saturated rings. The van der Waals surface area contributed by atoms with Crippen LogP contribution in [-0.2, 0) is 0 Å². The molecular weight excluding hydrogens is 284 g/mol. The molecule has 2 aromatic carbocycles. The van der Waals surface area contributed by atoms with Crippen LogP contribution in [0.4, 0.5) is 0 Å². The number of benzene rings is 2. The predicted octanol–water partition coefficient (Wildman–Crippen LogP) is 3.55. The fourth-order valence-corrected chi connectivity index (χ4v) is 3.24. The molecule has 0 radical (unpaired) electrons. The SMILES string of the molecule is CC(N)C1CCCN(C(=O)c2ccc(-c3ccccc3)cc2)C1. The van der Waals surface area contributed by atoms with Gasteiger partial charge in [-0.1, -0.05) is 42.5 Å². The van der Waals surface area contributed by atoms with Gasteiger partial charge in [-0.25, -0.2) is 0 Å². The summed E-state index contributed by atoms with van der Waals surface area (Å²) in [4.78, 5) is 14.7. The summed E-state index contributed by atoms with van der Waals surface area (Å²) < 4.78 is 0. The highest BCUT2D eigenvalue weighted by molar-refractivity contribution is 5.94. The Hall–Kier alpha value is -2.13. The van der Waals surface area contributed by atoms with Gasteiger partial charge in [-0.05, 0) is 48.9 Å². The third-order valence-corrected chi connectivity index (χ3v) is 4.73. The molecule has 0 spiro atoms. The number of nitrogens with two attached hydrogens (primary N) is 1. The molecule has 120 valence electrons. The molecule has 2 atom stereocenters. The smallest absolute Gasteiger partial charge is 0.253 e. The van der Waals surface area contributed by atoms with Gasteiger partial charge in [-0.3, -0.25) is 4.79 Å². The number of rotatable bonds is 3. The molecule has 0 saturated carbocycles. The molecule has 23 heavy (non-hydrogen) atoms. The zero-order chi connectivity index (χ0) is 16.2. The highest BCUT2D eigenvalue weighted by atomic mass is 16.2. The summed E-state index contributed by atoms with van der Waals surface area (Å²) in [7, 11) is 0. The molecule has 1 aliphatic heterocycles. The van der Waals surface area contributed by atoms with Crippen molar-refractivity contribution < 1.29 is 4.79 Å². The minimum atomic E-state index is 0.120. The first-order valence-electron chi connectivity index (χ1n) is 8.35. The molecular formula is C20H24N2O. The van der Waals surface area contributed by atoms with E-state index in [1.165, 1.54) is 5.56 Å². The van der Waals surface area contributed by atoms with E-state index in [1.54, 1.807) is 0 Å². The molecule has 3 heteroatoms. The molecule has 1 saturated heterocycles. The van der Waals surface area contributed by atoms with Gasteiger partial charge >= 0.3 is 0 Å². The van der Waals surface area contributed by atoms with Crippen LogP contribution in [0.3, 0.4) is 0 Å². The highest BCUT2D eigenvalue weighted by Gasteiger charge is 2.26. The number of hydrogen-bond acceptors (Lipinski definition) is 2. The molecule has 3 nitrogen and oxygen atoms in total. The van der Waals surface area contributed by atoms with Crippen molar-refractivity contribution in [1.29, 1.82) is 0 Å². The van der Waals surface area contributed by atoms with Gasteiger partial charge in [0.25, 0.3) is 5.91 Å². The van der Waals surface area contributed by atoms with E-state index in [4.69, 9.17) is 5.73 Å². The van der Waals surface area contributed by atoms with Crippen LogP contribution in [0.2, 0.25) is 0 Å². The Labute approximate surface area is 138 Å². The van der Waals surface area contributed by atoms with Crippen LogP contribution in [0.25, 0.3) is 11.1 Å². The van der Waals surface area contributed by atoms with Crippen LogP contribution in [0.5, 0.6) is 0 Å². The Morgan fingerprint density at radius 3 is 2.39 bits per heavy atom. The van der Waals surface area contributed by atoms with Crippen molar-refractivity contribution in [3.63, 3.8) is 0 Å². The van der Waals surface area contributed by atoms with Crippen LogP contribution in [0.15, 0.2) is 54.6 Å². The molecule has 1 aliphatic rings. The lowest BCUT2D eigenvalue weighted by molar-refractivity contribution is 0.0661. The van der Waals surface area contributed by atoms with E-state index in [-0.39, 0.29) is 11.9 Å². The van der Waals surface area contributed by atoms with Crippen molar-refractivity contribution in [3.05, 3.63) is 60.2 Å². The van der Waals surface area contributed by atoms with Crippen LogP contribution in [-0.4, -0.2) is 29.9 Å². The van der Waals surface area contributed by atoms with E-state index in [2.05, 4.69) is 12.1 Å². The van der Waals surface area contributed by atoms with Gasteiger partial charge in [-0.15, -0.1) is 0 Å². The topological polar surface area (TPSA) is 46.3 Å². The molecule has 1 amide bonds. The predicted molar refractivity (Wildman–Crippen MR) is 94.2 cm³/mol. The average molecular weight is 308 g/mol. The number of carbonyl (C=O) groups is 1. The van der Waals surface area contributed by atoms with Gasteiger partial charge in [0.1, 0.15) is 0 Å². The van der Waals surface area contributed by atoms with E-state index >= 15 is 0 Å². The first-order chi connectivity index (χ1) is 11.1. The Balaban J connectivity index is 1.73. The first kappa shape index (κ1) is 15.8. The Morgan fingerprint density at radius 2 is 1.74 bits per heavy atom. The minimum absolute atomic E-state index is 0.120. The molecule has 3 rings (SSSR count). The van der Waals surface area contributed by atoms with Crippen LogP contribution < -0.4 is 5.73 Å². The van der Waals surface area contributed by atoms with Crippen molar-refractivity contribution in [2.75, 3.05) is 13.1 Å². The van der Waals surface area contributed by atoms with E-state index in [1.807, 2.05) is 54.3 Å². The summed E-state index contributed by atoms with van der Waals surface area (Å²) in [6.07, 6.45) is 2.16. The normalized spacial score (nSPS) is 19.4. The van der Waals surface area contributed by atoms with Crippen LogP contribution in [0.1, 0.15) is 30.1 Å². The summed E-state index contributed by atoms with van der Waals surface area (Å²) in [5, 5.41) is 0. The molecule has 2 N–H and O–H groups in total. The zero-order valence-corrected chi connectivity index (χ0v) is 13.6. The number of hydrogen-bond donors (Lipinski definition) is 1.